The van der Waals surface area contributed by atoms with Crippen LogP contribution in [-0.4, -0.2) is 21.5 Å². The van der Waals surface area contributed by atoms with Crippen LogP contribution in [0.15, 0.2) is 55.6 Å². The molecule has 0 N–H and O–H groups in total. The third-order valence-corrected chi connectivity index (χ3v) is 3.72. The van der Waals surface area contributed by atoms with Gasteiger partial charge < -0.3 is 8.83 Å². The molecule has 1 fully saturated rings. The van der Waals surface area contributed by atoms with Crippen LogP contribution in [0.1, 0.15) is 11.5 Å². The molecular weight excluding hydrogens is 296 g/mol. The van der Waals surface area contributed by atoms with Crippen molar-refractivity contribution in [3.05, 3.63) is 53.2 Å². The Morgan fingerprint density at radius 1 is 1.20 bits per heavy atom. The van der Waals surface area contributed by atoms with Crippen molar-refractivity contribution in [2.75, 3.05) is 0 Å². The molecule has 0 aliphatic carbocycles. The zero-order valence-corrected chi connectivity index (χ0v) is 11.7. The van der Waals surface area contributed by atoms with Crippen LogP contribution in [0.25, 0.3) is 6.08 Å². The second kappa shape index (κ2) is 5.48. The molecule has 0 spiro atoms. The summed E-state index contributed by atoms with van der Waals surface area (Å²) in [7, 11) is 0. The molecule has 20 heavy (non-hydrogen) atoms. The van der Waals surface area contributed by atoms with Crippen molar-refractivity contribution < 1.29 is 13.6 Å². The lowest BCUT2D eigenvalue weighted by Gasteiger charge is -2.04. The topological polar surface area (TPSA) is 59.0 Å². The first-order valence-corrected chi connectivity index (χ1v) is 6.85. The summed E-state index contributed by atoms with van der Waals surface area (Å²) in [5.74, 6) is 0.869. The van der Waals surface area contributed by atoms with Gasteiger partial charge in [-0.25, -0.2) is 0 Å². The van der Waals surface area contributed by atoms with Gasteiger partial charge in [0.25, 0.3) is 5.91 Å². The molecule has 0 radical (unpaired) electrons. The third-order valence-electron chi connectivity index (χ3n) is 2.43. The van der Waals surface area contributed by atoms with Crippen LogP contribution in [0.5, 0.6) is 0 Å². The molecule has 1 amide bonds. The highest BCUT2D eigenvalue weighted by Gasteiger charge is 2.32. The van der Waals surface area contributed by atoms with E-state index in [0.717, 1.165) is 5.01 Å². The molecular formula is C13H8N2O3S2. The maximum atomic E-state index is 12.2. The fraction of sp³-hybridized carbons (Fsp3) is 0. The molecule has 2 aromatic rings. The molecule has 2 aromatic heterocycles. The fourth-order valence-electron chi connectivity index (χ4n) is 1.54. The SMILES string of the molecule is O=C1/C(=C\c2ccco2)SC(=S)N1/N=C\c1ccco1. The summed E-state index contributed by atoms with van der Waals surface area (Å²) in [5, 5.41) is 5.20. The molecule has 5 nitrogen and oxygen atoms in total. The molecule has 3 heterocycles. The summed E-state index contributed by atoms with van der Waals surface area (Å²) in [4.78, 5) is 12.6. The number of thiocarbonyl (C=S) groups is 1. The van der Waals surface area contributed by atoms with Crippen molar-refractivity contribution in [2.24, 2.45) is 5.10 Å². The highest BCUT2D eigenvalue weighted by atomic mass is 32.2. The maximum absolute atomic E-state index is 12.2. The molecule has 1 saturated heterocycles. The molecule has 100 valence electrons. The van der Waals surface area contributed by atoms with E-state index in [1.807, 2.05) is 0 Å². The number of carbonyl (C=O) groups excluding carboxylic acids is 1. The number of amides is 1. The van der Waals surface area contributed by atoms with Gasteiger partial charge in [0.05, 0.1) is 23.6 Å². The Balaban J connectivity index is 1.80. The van der Waals surface area contributed by atoms with Crippen LogP contribution >= 0.6 is 24.0 Å². The number of hydrazone groups is 1. The number of nitrogens with zero attached hydrogens (tertiary/aromatic N) is 2. The van der Waals surface area contributed by atoms with Gasteiger partial charge in [0, 0.05) is 6.08 Å². The largest absolute Gasteiger partial charge is 0.465 e. The Labute approximate surface area is 123 Å². The lowest BCUT2D eigenvalue weighted by atomic mass is 10.4. The summed E-state index contributed by atoms with van der Waals surface area (Å²) in [5.41, 5.74) is 0. The minimum atomic E-state index is -0.279. The predicted molar refractivity (Wildman–Crippen MR) is 80.0 cm³/mol. The molecule has 0 aromatic carbocycles. The quantitative estimate of drug-likeness (QED) is 0.495. The highest BCUT2D eigenvalue weighted by molar-refractivity contribution is 8.26. The van der Waals surface area contributed by atoms with Gasteiger partial charge in [-0.1, -0.05) is 11.8 Å². The first kappa shape index (κ1) is 12.9. The van der Waals surface area contributed by atoms with Gasteiger partial charge in [-0.2, -0.15) is 10.1 Å². The summed E-state index contributed by atoms with van der Waals surface area (Å²) >= 11 is 6.32. The monoisotopic (exact) mass is 304 g/mol. The van der Waals surface area contributed by atoms with Crippen LogP contribution in [0, 0.1) is 0 Å². The number of thioether (sulfide) groups is 1. The van der Waals surface area contributed by atoms with Crippen molar-refractivity contribution in [3.63, 3.8) is 0 Å². The first-order chi connectivity index (χ1) is 9.74. The fourth-order valence-corrected chi connectivity index (χ4v) is 2.69. The van der Waals surface area contributed by atoms with E-state index < -0.39 is 0 Å². The minimum absolute atomic E-state index is 0.279. The average molecular weight is 304 g/mol. The third kappa shape index (κ3) is 2.59. The Bertz CT molecular complexity index is 687. The van der Waals surface area contributed by atoms with Crippen molar-refractivity contribution in [2.45, 2.75) is 0 Å². The van der Waals surface area contributed by atoms with Crippen molar-refractivity contribution in [1.29, 1.82) is 0 Å². The van der Waals surface area contributed by atoms with Crippen molar-refractivity contribution in [3.8, 4) is 0 Å². The summed E-state index contributed by atoms with van der Waals surface area (Å²) in [6.07, 6.45) is 6.16. The Morgan fingerprint density at radius 2 is 1.90 bits per heavy atom. The van der Waals surface area contributed by atoms with Gasteiger partial charge in [0.1, 0.15) is 11.5 Å². The summed E-state index contributed by atoms with van der Waals surface area (Å²) < 4.78 is 10.7. The van der Waals surface area contributed by atoms with Crippen LogP contribution in [0.2, 0.25) is 0 Å². The van der Waals surface area contributed by atoms with Gasteiger partial charge in [-0.3, -0.25) is 4.79 Å². The predicted octanol–water partition coefficient (Wildman–Crippen LogP) is 3.11. The number of carbonyl (C=O) groups is 1. The number of hydrogen-bond acceptors (Lipinski definition) is 6. The van der Waals surface area contributed by atoms with Crippen molar-refractivity contribution >= 4 is 46.5 Å². The van der Waals surface area contributed by atoms with E-state index >= 15 is 0 Å². The molecule has 0 unspecified atom stereocenters. The molecule has 1 aliphatic heterocycles. The highest BCUT2D eigenvalue weighted by Crippen LogP contribution is 2.32. The van der Waals surface area contributed by atoms with E-state index in [1.165, 1.54) is 24.2 Å². The average Bonchev–Trinajstić information content (AvgIpc) is 3.13. The Kier molecular flexibility index (Phi) is 3.53. The van der Waals surface area contributed by atoms with Gasteiger partial charge in [0.2, 0.25) is 0 Å². The van der Waals surface area contributed by atoms with Gasteiger partial charge in [-0.15, -0.1) is 0 Å². The molecule has 0 atom stereocenters. The van der Waals surface area contributed by atoms with Crippen LogP contribution in [0.3, 0.4) is 0 Å². The number of hydrogen-bond donors (Lipinski definition) is 0. The second-order valence-corrected chi connectivity index (χ2v) is 5.44. The summed E-state index contributed by atoms with van der Waals surface area (Å²) in [6.45, 7) is 0. The minimum Gasteiger partial charge on any atom is -0.465 e. The van der Waals surface area contributed by atoms with Crippen LogP contribution in [-0.2, 0) is 4.79 Å². The van der Waals surface area contributed by atoms with Gasteiger partial charge >= 0.3 is 0 Å². The maximum Gasteiger partial charge on any atom is 0.286 e. The normalized spacial score (nSPS) is 17.8. The zero-order chi connectivity index (χ0) is 13.9. The second-order valence-electron chi connectivity index (χ2n) is 3.77. The standard InChI is InChI=1S/C13H8N2O3S2/c16-12-11(7-9-3-1-5-17-9)20-13(19)15(12)14-8-10-4-2-6-18-10/h1-8H/b11-7+,14-8-. The molecule has 1 aliphatic rings. The van der Waals surface area contributed by atoms with E-state index in [1.54, 1.807) is 36.6 Å². The Morgan fingerprint density at radius 3 is 2.55 bits per heavy atom. The molecule has 0 saturated carbocycles. The number of furan rings is 2. The zero-order valence-electron chi connectivity index (χ0n) is 10.1. The van der Waals surface area contributed by atoms with Crippen LogP contribution in [0.4, 0.5) is 0 Å². The van der Waals surface area contributed by atoms with E-state index in [0.29, 0.717) is 20.7 Å². The van der Waals surface area contributed by atoms with Crippen molar-refractivity contribution in [1.82, 2.24) is 5.01 Å². The van der Waals surface area contributed by atoms with E-state index in [2.05, 4.69) is 5.10 Å². The molecule has 0 bridgehead atoms. The van der Waals surface area contributed by atoms with E-state index in [9.17, 15) is 4.79 Å². The van der Waals surface area contributed by atoms with Gasteiger partial charge in [0.15, 0.2) is 4.32 Å². The number of rotatable bonds is 3. The van der Waals surface area contributed by atoms with Crippen LogP contribution < -0.4 is 0 Å². The summed E-state index contributed by atoms with van der Waals surface area (Å²) in [6, 6.07) is 6.99. The molecule has 3 rings (SSSR count). The van der Waals surface area contributed by atoms with E-state index in [4.69, 9.17) is 21.1 Å². The smallest absolute Gasteiger partial charge is 0.286 e. The van der Waals surface area contributed by atoms with E-state index in [-0.39, 0.29) is 5.91 Å². The van der Waals surface area contributed by atoms with Gasteiger partial charge in [-0.05, 0) is 36.5 Å². The lowest BCUT2D eigenvalue weighted by molar-refractivity contribution is -0.122. The first-order valence-electron chi connectivity index (χ1n) is 5.63. The molecule has 7 heteroatoms. The lowest BCUT2D eigenvalue weighted by Crippen LogP contribution is -2.22. The Hall–Kier alpha value is -2.12.